The second-order valence-electron chi connectivity index (χ2n) is 5.88. The first-order valence-corrected chi connectivity index (χ1v) is 8.02. The van der Waals surface area contributed by atoms with Gasteiger partial charge in [-0.3, -0.25) is 9.48 Å². The summed E-state index contributed by atoms with van der Waals surface area (Å²) < 4.78 is 7.64. The molecule has 2 aromatic heterocycles. The highest BCUT2D eigenvalue weighted by Crippen LogP contribution is 2.20. The van der Waals surface area contributed by atoms with Crippen molar-refractivity contribution in [3.05, 3.63) is 65.6 Å². The quantitative estimate of drug-likeness (QED) is 0.718. The van der Waals surface area contributed by atoms with Crippen molar-refractivity contribution in [1.82, 2.24) is 24.6 Å². The first kappa shape index (κ1) is 15.3. The molecule has 25 heavy (non-hydrogen) atoms. The van der Waals surface area contributed by atoms with Gasteiger partial charge in [-0.2, -0.15) is 4.79 Å². The summed E-state index contributed by atoms with van der Waals surface area (Å²) >= 11 is 0. The van der Waals surface area contributed by atoms with E-state index in [0.717, 1.165) is 16.0 Å². The Balaban J connectivity index is 1.43. The van der Waals surface area contributed by atoms with Gasteiger partial charge in [0.15, 0.2) is 5.69 Å². The number of rotatable bonds is 4. The van der Waals surface area contributed by atoms with E-state index in [9.17, 15) is 4.79 Å². The van der Waals surface area contributed by atoms with Gasteiger partial charge in [0.1, 0.15) is 6.61 Å². The predicted octanol–water partition coefficient (Wildman–Crippen LogP) is 1.03. The van der Waals surface area contributed by atoms with E-state index in [2.05, 4.69) is 10.2 Å². The zero-order valence-corrected chi connectivity index (χ0v) is 13.6. The molecule has 1 aromatic carbocycles. The van der Waals surface area contributed by atoms with Gasteiger partial charge in [0.05, 0.1) is 18.8 Å². The first-order chi connectivity index (χ1) is 12.2. The van der Waals surface area contributed by atoms with Gasteiger partial charge in [-0.15, -0.1) is 10.2 Å². The van der Waals surface area contributed by atoms with Crippen LogP contribution in [0.5, 0.6) is 5.88 Å². The molecule has 1 aliphatic heterocycles. The lowest BCUT2D eigenvalue weighted by atomic mass is 10.2. The van der Waals surface area contributed by atoms with Crippen LogP contribution in [0.15, 0.2) is 48.7 Å². The fourth-order valence-corrected chi connectivity index (χ4v) is 2.83. The second kappa shape index (κ2) is 6.31. The first-order valence-electron chi connectivity index (χ1n) is 8.02. The predicted molar refractivity (Wildman–Crippen MR) is 90.1 cm³/mol. The Morgan fingerprint density at radius 2 is 2.00 bits per heavy atom. The minimum Gasteiger partial charge on any atom is -0.472 e. The highest BCUT2D eigenvalue weighted by Gasteiger charge is 2.25. The lowest BCUT2D eigenvalue weighted by Gasteiger charge is -2.26. The third-order valence-electron chi connectivity index (χ3n) is 4.12. The molecule has 0 bridgehead atoms. The van der Waals surface area contributed by atoms with Crippen molar-refractivity contribution >= 4 is 5.91 Å². The number of benzene rings is 1. The Kier molecular flexibility index (Phi) is 3.85. The number of hydrogen-bond acceptors (Lipinski definition) is 5. The van der Waals surface area contributed by atoms with E-state index >= 15 is 0 Å². The van der Waals surface area contributed by atoms with Crippen LogP contribution in [-0.4, -0.2) is 37.0 Å². The largest absolute Gasteiger partial charge is 0.472 e. The topological polar surface area (TPSA) is 91.2 Å². The number of nitrogen functional groups attached to an aromatic ring is 1. The van der Waals surface area contributed by atoms with E-state index < -0.39 is 0 Å². The highest BCUT2D eigenvalue weighted by molar-refractivity contribution is 5.92. The van der Waals surface area contributed by atoms with Crippen LogP contribution in [0.1, 0.15) is 21.7 Å². The molecular weight excluding hydrogens is 320 g/mol. The number of fused-ring (bicyclic) bond motifs is 1. The molecule has 0 saturated heterocycles. The maximum atomic E-state index is 12.5. The van der Waals surface area contributed by atoms with Gasteiger partial charge < -0.3 is 15.5 Å². The number of amides is 1. The summed E-state index contributed by atoms with van der Waals surface area (Å²) in [5.74, 6) is 5.94. The number of carbonyl (C=O) groups excluding carboxylic acids is 1. The lowest BCUT2D eigenvalue weighted by molar-refractivity contribution is 0.0699. The Hall–Kier alpha value is -3.29. The number of carbonyl (C=O) groups is 1. The molecule has 0 saturated carbocycles. The van der Waals surface area contributed by atoms with Crippen molar-refractivity contribution in [3.8, 4) is 5.88 Å². The molecule has 0 unspecified atom stereocenters. The molecule has 128 valence electrons. The molecule has 8 nitrogen and oxygen atoms in total. The van der Waals surface area contributed by atoms with Crippen molar-refractivity contribution in [2.45, 2.75) is 19.7 Å². The van der Waals surface area contributed by atoms with Crippen molar-refractivity contribution in [2.24, 2.45) is 0 Å². The summed E-state index contributed by atoms with van der Waals surface area (Å²) in [6.07, 6.45) is 1.55. The van der Waals surface area contributed by atoms with Gasteiger partial charge in [-0.25, -0.2) is 0 Å². The monoisotopic (exact) mass is 338 g/mol. The zero-order valence-electron chi connectivity index (χ0n) is 13.6. The van der Waals surface area contributed by atoms with E-state index in [0.29, 0.717) is 37.8 Å². The van der Waals surface area contributed by atoms with E-state index in [4.69, 9.17) is 10.6 Å². The number of aromatic nitrogens is 4. The molecule has 0 atom stereocenters. The van der Waals surface area contributed by atoms with Crippen LogP contribution >= 0.6 is 0 Å². The van der Waals surface area contributed by atoms with Gasteiger partial charge in [0.25, 0.3) is 5.91 Å². The normalized spacial score (nSPS) is 13.5. The molecule has 2 N–H and O–H groups in total. The van der Waals surface area contributed by atoms with Crippen LogP contribution in [0.4, 0.5) is 0 Å². The van der Waals surface area contributed by atoms with Crippen molar-refractivity contribution < 1.29 is 9.53 Å². The molecule has 3 heterocycles. The van der Waals surface area contributed by atoms with E-state index in [1.165, 1.54) is 0 Å². The van der Waals surface area contributed by atoms with Crippen LogP contribution in [-0.2, 0) is 19.7 Å². The fraction of sp³-hybridized carbons (Fsp3) is 0.235. The van der Waals surface area contributed by atoms with E-state index in [-0.39, 0.29) is 5.91 Å². The van der Waals surface area contributed by atoms with Crippen LogP contribution < -0.4 is 10.6 Å². The third-order valence-corrected chi connectivity index (χ3v) is 4.12. The van der Waals surface area contributed by atoms with Crippen molar-refractivity contribution in [1.29, 1.82) is 0 Å². The summed E-state index contributed by atoms with van der Waals surface area (Å²) in [6, 6.07) is 13.4. The average molecular weight is 338 g/mol. The van der Waals surface area contributed by atoms with Crippen LogP contribution in [0, 0.1) is 0 Å². The molecule has 0 aliphatic carbocycles. The van der Waals surface area contributed by atoms with Crippen LogP contribution in [0.2, 0.25) is 0 Å². The maximum Gasteiger partial charge on any atom is 0.274 e. The Bertz CT molecular complexity index is 886. The van der Waals surface area contributed by atoms with Crippen molar-refractivity contribution in [3.63, 3.8) is 0 Å². The van der Waals surface area contributed by atoms with E-state index in [1.54, 1.807) is 17.2 Å². The van der Waals surface area contributed by atoms with Crippen molar-refractivity contribution in [2.75, 3.05) is 12.4 Å². The molecular formula is C17H18N6O2. The molecule has 3 aromatic rings. The van der Waals surface area contributed by atoms with E-state index in [1.807, 2.05) is 41.1 Å². The Morgan fingerprint density at radius 1 is 1.16 bits per heavy atom. The highest BCUT2D eigenvalue weighted by atomic mass is 16.5. The van der Waals surface area contributed by atoms with Gasteiger partial charge in [0.2, 0.25) is 5.88 Å². The molecule has 1 aliphatic rings. The van der Waals surface area contributed by atoms with Gasteiger partial charge >= 0.3 is 0 Å². The molecule has 8 heteroatoms. The Morgan fingerprint density at radius 3 is 2.76 bits per heavy atom. The van der Waals surface area contributed by atoms with Crippen LogP contribution in [0.25, 0.3) is 0 Å². The zero-order chi connectivity index (χ0) is 17.2. The molecule has 1 amide bonds. The lowest BCUT2D eigenvalue weighted by Crippen LogP contribution is -2.38. The summed E-state index contributed by atoms with van der Waals surface area (Å²) in [5.41, 5.74) is 2.37. The summed E-state index contributed by atoms with van der Waals surface area (Å²) in [6.45, 7) is 2.13. The molecule has 0 radical (unpaired) electrons. The summed E-state index contributed by atoms with van der Waals surface area (Å²) in [4.78, 5) is 15.3. The average Bonchev–Trinajstić information content (AvgIpc) is 3.25. The minimum atomic E-state index is -0.136. The van der Waals surface area contributed by atoms with Gasteiger partial charge in [0, 0.05) is 18.8 Å². The number of ether oxygens (including phenoxy) is 1. The van der Waals surface area contributed by atoms with Gasteiger partial charge in [-0.1, -0.05) is 30.3 Å². The second-order valence-corrected chi connectivity index (χ2v) is 5.88. The smallest absolute Gasteiger partial charge is 0.274 e. The fourth-order valence-electron chi connectivity index (χ4n) is 2.83. The molecule has 0 fully saturated rings. The number of nitrogens with zero attached hydrogens (tertiary/aromatic N) is 5. The standard InChI is InChI=1S/C17H18N6O2/c18-23-7-6-15(19-23)17(24)21-8-9-22-14(11-21)10-16(20-22)25-12-13-4-2-1-3-5-13/h1-7,10H,8-9,11-12,18H2. The van der Waals surface area contributed by atoms with Gasteiger partial charge in [-0.05, 0) is 11.6 Å². The molecule has 4 rings (SSSR count). The SMILES string of the molecule is Nn1ccc(C(=O)N2CCn3nc(OCc4ccccc4)cc3C2)n1. The Labute approximate surface area is 144 Å². The third kappa shape index (κ3) is 3.18. The summed E-state index contributed by atoms with van der Waals surface area (Å²) in [7, 11) is 0. The maximum absolute atomic E-state index is 12.5. The van der Waals surface area contributed by atoms with Crippen LogP contribution in [0.3, 0.4) is 0 Å². The molecule has 0 spiro atoms. The summed E-state index contributed by atoms with van der Waals surface area (Å²) in [5, 5.41) is 8.42. The minimum absolute atomic E-state index is 0.136. The number of nitrogens with two attached hydrogens (primary N) is 1. The number of hydrogen-bond donors (Lipinski definition) is 1.